The highest BCUT2D eigenvalue weighted by atomic mass is 19.4. The molecule has 11 nitrogen and oxygen atoms in total. The largest absolute Gasteiger partial charge is 0.550 e. The van der Waals surface area contributed by atoms with Crippen LogP contribution in [-0.2, 0) is 40.1 Å². The Balaban J connectivity index is 0.000000458. The maximum Gasteiger partial charge on any atom is 0.451 e. The van der Waals surface area contributed by atoms with Crippen LogP contribution in [0.25, 0.3) is 0 Å². The summed E-state index contributed by atoms with van der Waals surface area (Å²) in [5.74, 6) is -8.57. The Hall–Kier alpha value is -3.73. The third-order valence-electron chi connectivity index (χ3n) is 5.00. The molecule has 3 rings (SSSR count). The van der Waals surface area contributed by atoms with E-state index >= 15 is 0 Å². The minimum Gasteiger partial charge on any atom is -0.550 e. The van der Waals surface area contributed by atoms with Gasteiger partial charge in [0.25, 0.3) is 0 Å². The van der Waals surface area contributed by atoms with E-state index in [1.165, 1.54) is 4.90 Å². The number of rotatable bonds is 7. The third kappa shape index (κ3) is 8.14. The Morgan fingerprint density at radius 3 is 2.19 bits per heavy atom. The average Bonchev–Trinajstić information content (AvgIpc) is 3.21. The molecule has 204 valence electrons. The number of carbonyl (C=O) groups is 3. The van der Waals surface area contributed by atoms with Gasteiger partial charge in [-0.3, -0.25) is 4.79 Å². The van der Waals surface area contributed by atoms with Crippen molar-refractivity contribution in [1.82, 2.24) is 19.7 Å². The molecule has 17 heteroatoms. The van der Waals surface area contributed by atoms with Crippen LogP contribution in [0, 0.1) is 17.5 Å². The molecule has 1 aliphatic rings. The lowest BCUT2D eigenvalue weighted by atomic mass is 10.0. The SMILES string of the molecule is N[C@@H](CC(=O)N1CCn2c(nnc2C(F)(F)F)C1)Cc1cc(F)c(F)cc1F.O=C([O-])C[C@H](O)C(=O)[O-]. The molecule has 1 aromatic carbocycles. The summed E-state index contributed by atoms with van der Waals surface area (Å²) in [6.07, 6.45) is -8.00. The number of halogens is 6. The van der Waals surface area contributed by atoms with Gasteiger partial charge in [-0.05, 0) is 18.1 Å². The highest BCUT2D eigenvalue weighted by Crippen LogP contribution is 2.29. The van der Waals surface area contributed by atoms with Crippen molar-refractivity contribution < 1.29 is 56.0 Å². The van der Waals surface area contributed by atoms with Crippen molar-refractivity contribution in [3.8, 4) is 0 Å². The molecule has 0 saturated heterocycles. The van der Waals surface area contributed by atoms with Gasteiger partial charge in [0.05, 0.1) is 18.6 Å². The van der Waals surface area contributed by atoms with E-state index in [4.69, 9.17) is 10.8 Å². The van der Waals surface area contributed by atoms with Crippen molar-refractivity contribution in [1.29, 1.82) is 0 Å². The molecule has 0 radical (unpaired) electrons. The fraction of sp³-hybridized carbons (Fsp3) is 0.450. The number of fused-ring (bicyclic) bond motifs is 1. The van der Waals surface area contributed by atoms with Crippen LogP contribution >= 0.6 is 0 Å². The van der Waals surface area contributed by atoms with Gasteiger partial charge in [-0.2, -0.15) is 13.2 Å². The Labute approximate surface area is 204 Å². The van der Waals surface area contributed by atoms with Gasteiger partial charge in [-0.15, -0.1) is 10.2 Å². The summed E-state index contributed by atoms with van der Waals surface area (Å²) in [5.41, 5.74) is 5.64. The predicted molar refractivity (Wildman–Crippen MR) is 104 cm³/mol. The van der Waals surface area contributed by atoms with E-state index in [0.29, 0.717) is 12.1 Å². The van der Waals surface area contributed by atoms with Gasteiger partial charge in [-0.25, -0.2) is 13.2 Å². The number of carboxylic acid groups (broad SMARTS) is 2. The number of carboxylic acids is 2. The summed E-state index contributed by atoms with van der Waals surface area (Å²) >= 11 is 0. The molecule has 0 spiro atoms. The first kappa shape index (κ1) is 29.5. The van der Waals surface area contributed by atoms with Gasteiger partial charge < -0.3 is 40.1 Å². The molecule has 2 heterocycles. The maximum absolute atomic E-state index is 13.7. The molecular formula is C20H19F6N5O6-2. The molecule has 37 heavy (non-hydrogen) atoms. The molecule has 1 amide bonds. The number of aliphatic hydroxyl groups is 1. The number of hydrogen-bond acceptors (Lipinski definition) is 9. The zero-order chi connectivity index (χ0) is 28.1. The van der Waals surface area contributed by atoms with Gasteiger partial charge >= 0.3 is 6.18 Å². The number of aliphatic hydroxyl groups excluding tert-OH is 1. The first-order chi connectivity index (χ1) is 17.1. The van der Waals surface area contributed by atoms with E-state index in [-0.39, 0.29) is 43.9 Å². The number of nitrogens with zero attached hydrogens (tertiary/aromatic N) is 4. The summed E-state index contributed by atoms with van der Waals surface area (Å²) in [7, 11) is 0. The van der Waals surface area contributed by atoms with E-state index in [9.17, 15) is 50.9 Å². The van der Waals surface area contributed by atoms with E-state index < -0.39 is 65.9 Å². The molecule has 1 aromatic heterocycles. The first-order valence-electron chi connectivity index (χ1n) is 10.3. The normalized spacial score (nSPS) is 14.8. The van der Waals surface area contributed by atoms with Crippen LogP contribution in [0.3, 0.4) is 0 Å². The maximum atomic E-state index is 13.7. The topological polar surface area (TPSA) is 178 Å². The van der Waals surface area contributed by atoms with E-state index in [0.717, 1.165) is 4.57 Å². The summed E-state index contributed by atoms with van der Waals surface area (Å²) < 4.78 is 79.3. The van der Waals surface area contributed by atoms with Crippen molar-refractivity contribution in [2.75, 3.05) is 6.54 Å². The van der Waals surface area contributed by atoms with Gasteiger partial charge in [0, 0.05) is 44.0 Å². The first-order valence-corrected chi connectivity index (χ1v) is 10.3. The lowest BCUT2D eigenvalue weighted by Crippen LogP contribution is -2.42. The second kappa shape index (κ2) is 12.0. The molecule has 2 aromatic rings. The van der Waals surface area contributed by atoms with Gasteiger partial charge in [-0.1, -0.05) is 0 Å². The minimum absolute atomic E-state index is 0.000783. The number of alkyl halides is 3. The van der Waals surface area contributed by atoms with Crippen LogP contribution in [0.2, 0.25) is 0 Å². The Morgan fingerprint density at radius 1 is 1.03 bits per heavy atom. The van der Waals surface area contributed by atoms with Crippen molar-refractivity contribution in [2.24, 2.45) is 5.73 Å². The van der Waals surface area contributed by atoms with Gasteiger partial charge in [0.15, 0.2) is 17.5 Å². The molecule has 0 saturated carbocycles. The van der Waals surface area contributed by atoms with Crippen molar-refractivity contribution >= 4 is 17.8 Å². The second-order valence-electron chi connectivity index (χ2n) is 7.84. The molecule has 3 N–H and O–H groups in total. The Kier molecular flexibility index (Phi) is 9.57. The third-order valence-corrected chi connectivity index (χ3v) is 5.00. The van der Waals surface area contributed by atoms with Crippen LogP contribution in [0.1, 0.15) is 30.1 Å². The number of benzene rings is 1. The zero-order valence-corrected chi connectivity index (χ0v) is 18.7. The highest BCUT2D eigenvalue weighted by Gasteiger charge is 2.40. The number of aromatic nitrogens is 3. The molecule has 2 atom stereocenters. The monoisotopic (exact) mass is 539 g/mol. The fourth-order valence-corrected chi connectivity index (χ4v) is 3.25. The van der Waals surface area contributed by atoms with Crippen LogP contribution in [0.4, 0.5) is 26.3 Å². The quantitative estimate of drug-likeness (QED) is 0.305. The van der Waals surface area contributed by atoms with Crippen LogP contribution < -0.4 is 15.9 Å². The number of hydrogen-bond donors (Lipinski definition) is 2. The van der Waals surface area contributed by atoms with Crippen LogP contribution in [0.15, 0.2) is 12.1 Å². The highest BCUT2D eigenvalue weighted by molar-refractivity contribution is 5.77. The number of carbonyl (C=O) groups excluding carboxylic acids is 3. The predicted octanol–water partition coefficient (Wildman–Crippen LogP) is -1.75. The molecule has 0 bridgehead atoms. The van der Waals surface area contributed by atoms with E-state index in [1.54, 1.807) is 0 Å². The lowest BCUT2D eigenvalue weighted by molar-refractivity contribution is -0.323. The molecule has 0 unspecified atom stereocenters. The summed E-state index contributed by atoms with van der Waals surface area (Å²) in [4.78, 5) is 32.8. The fourth-order valence-electron chi connectivity index (χ4n) is 3.25. The number of nitrogens with two attached hydrogens (primary N) is 1. The molecule has 0 fully saturated rings. The smallest absolute Gasteiger partial charge is 0.451 e. The molecule has 1 aliphatic heterocycles. The van der Waals surface area contributed by atoms with E-state index in [2.05, 4.69) is 10.2 Å². The van der Waals surface area contributed by atoms with E-state index in [1.807, 2.05) is 0 Å². The van der Waals surface area contributed by atoms with Crippen molar-refractivity contribution in [3.63, 3.8) is 0 Å². The Bertz CT molecular complexity index is 1160. The molecular weight excluding hydrogens is 520 g/mol. The van der Waals surface area contributed by atoms with Gasteiger partial charge in [0.2, 0.25) is 11.7 Å². The molecule has 0 aliphatic carbocycles. The second-order valence-corrected chi connectivity index (χ2v) is 7.84. The Morgan fingerprint density at radius 2 is 1.65 bits per heavy atom. The van der Waals surface area contributed by atoms with Gasteiger partial charge in [0.1, 0.15) is 5.82 Å². The average molecular weight is 539 g/mol. The number of amides is 1. The van der Waals surface area contributed by atoms with Crippen molar-refractivity contribution in [3.05, 3.63) is 46.8 Å². The standard InChI is InChI=1S/C16H15F6N5O.C4H6O5/c17-10-6-12(19)11(18)4-8(10)3-9(23)5-14(28)26-1-2-27-13(7-26)24-25-15(27)16(20,21)22;5-2(4(8)9)1-3(6)7/h4,6,9H,1-3,5,7,23H2;2,5H,1H2,(H,6,7)(H,8,9)/p-2/t9-;2-/m10/s1. The van der Waals surface area contributed by atoms with Crippen molar-refractivity contribution in [2.45, 2.75) is 50.7 Å². The number of aliphatic carboxylic acids is 2. The lowest BCUT2D eigenvalue weighted by Gasteiger charge is -2.29. The zero-order valence-electron chi connectivity index (χ0n) is 18.7. The summed E-state index contributed by atoms with van der Waals surface area (Å²) in [5, 5.41) is 33.9. The van der Waals surface area contributed by atoms with Crippen LogP contribution in [-0.4, -0.2) is 61.3 Å². The summed E-state index contributed by atoms with van der Waals surface area (Å²) in [6.45, 7) is -0.302. The minimum atomic E-state index is -4.64. The summed E-state index contributed by atoms with van der Waals surface area (Å²) in [6, 6.07) is 0.184. The van der Waals surface area contributed by atoms with Crippen LogP contribution in [0.5, 0.6) is 0 Å².